The molecule has 0 heterocycles. The number of esters is 4. The van der Waals surface area contributed by atoms with Crippen molar-refractivity contribution >= 4 is 47.1 Å². The van der Waals surface area contributed by atoms with E-state index < -0.39 is 70.4 Å². The lowest BCUT2D eigenvalue weighted by Gasteiger charge is -2.55. The zero-order valence-corrected chi connectivity index (χ0v) is 20.8. The van der Waals surface area contributed by atoms with Gasteiger partial charge in [0.25, 0.3) is 0 Å². The van der Waals surface area contributed by atoms with Gasteiger partial charge in [-0.3, -0.25) is 14.4 Å². The molecule has 10 nitrogen and oxygen atoms in total. The van der Waals surface area contributed by atoms with Crippen molar-refractivity contribution in [2.45, 2.75) is 17.9 Å². The van der Waals surface area contributed by atoms with E-state index >= 15 is 0 Å². The van der Waals surface area contributed by atoms with E-state index in [1.807, 2.05) is 0 Å². The molecule has 1 unspecified atom stereocenters. The van der Waals surface area contributed by atoms with Gasteiger partial charge in [0.1, 0.15) is 17.3 Å². The van der Waals surface area contributed by atoms with E-state index in [1.165, 1.54) is 18.2 Å². The largest absolute Gasteiger partial charge is 0.511 e. The van der Waals surface area contributed by atoms with Crippen LogP contribution in [0.5, 0.6) is 0 Å². The third-order valence-corrected chi connectivity index (χ3v) is 7.37. The van der Waals surface area contributed by atoms with Crippen molar-refractivity contribution in [3.8, 4) is 0 Å². The number of benzene rings is 1. The van der Waals surface area contributed by atoms with Crippen LogP contribution in [0.2, 0.25) is 10.0 Å². The highest BCUT2D eigenvalue weighted by atomic mass is 35.5. The highest BCUT2D eigenvalue weighted by Gasteiger charge is 2.71. The van der Waals surface area contributed by atoms with Crippen molar-refractivity contribution < 1.29 is 48.3 Å². The second kappa shape index (κ2) is 10.0. The lowest BCUT2D eigenvalue weighted by atomic mass is 9.49. The Balaban J connectivity index is 2.43. The minimum Gasteiger partial charge on any atom is -0.511 e. The fraction of sp³-hybridized carbons (Fsp3) is 0.478. The van der Waals surface area contributed by atoms with Crippen molar-refractivity contribution in [1.29, 1.82) is 0 Å². The van der Waals surface area contributed by atoms with Crippen LogP contribution in [0.25, 0.3) is 0 Å². The Morgan fingerprint density at radius 1 is 0.886 bits per heavy atom. The molecule has 3 rings (SSSR count). The van der Waals surface area contributed by atoms with Crippen molar-refractivity contribution in [3.05, 3.63) is 45.1 Å². The average Bonchev–Trinajstić information content (AvgIpc) is 2.82. The lowest BCUT2D eigenvalue weighted by Crippen LogP contribution is -2.68. The average molecular weight is 531 g/mol. The Kier molecular flexibility index (Phi) is 7.68. The number of hydrogen-bond donors (Lipinski definition) is 2. The first-order valence-corrected chi connectivity index (χ1v) is 11.2. The number of aliphatic hydroxyl groups is 2. The number of carbonyl (C=O) groups is 4. The fourth-order valence-corrected chi connectivity index (χ4v) is 5.99. The normalized spacial score (nSPS) is 29.7. The van der Waals surface area contributed by atoms with E-state index in [4.69, 9.17) is 42.1 Å². The summed E-state index contributed by atoms with van der Waals surface area (Å²) >= 11 is 12.5. The third kappa shape index (κ3) is 4.13. The number of rotatable bonds is 5. The van der Waals surface area contributed by atoms with Gasteiger partial charge in [0.15, 0.2) is 0 Å². The van der Waals surface area contributed by atoms with Crippen LogP contribution < -0.4 is 0 Å². The van der Waals surface area contributed by atoms with Gasteiger partial charge in [-0.2, -0.15) is 0 Å². The molecule has 1 aromatic rings. The smallest absolute Gasteiger partial charge is 0.337 e. The van der Waals surface area contributed by atoms with Gasteiger partial charge in [0.2, 0.25) is 0 Å². The minimum absolute atomic E-state index is 0.136. The van der Waals surface area contributed by atoms with E-state index in [-0.39, 0.29) is 11.4 Å². The third-order valence-electron chi connectivity index (χ3n) is 6.81. The van der Waals surface area contributed by atoms with Crippen molar-refractivity contribution in [1.82, 2.24) is 0 Å². The molecule has 2 N–H and O–H groups in total. The van der Waals surface area contributed by atoms with Crippen LogP contribution >= 0.6 is 23.2 Å². The quantitative estimate of drug-likeness (QED) is 0.428. The molecule has 2 bridgehead atoms. The molecule has 0 amide bonds. The van der Waals surface area contributed by atoms with Crippen LogP contribution in [0.15, 0.2) is 29.5 Å². The van der Waals surface area contributed by atoms with Crippen LogP contribution in [0, 0.1) is 23.7 Å². The molecule has 0 aliphatic heterocycles. The Bertz CT molecular complexity index is 1100. The van der Waals surface area contributed by atoms with E-state index in [0.717, 1.165) is 28.4 Å². The van der Waals surface area contributed by atoms with Gasteiger partial charge in [-0.15, -0.1) is 0 Å². The van der Waals surface area contributed by atoms with Crippen LogP contribution in [0.3, 0.4) is 0 Å². The van der Waals surface area contributed by atoms with Crippen LogP contribution in [0.1, 0.15) is 17.9 Å². The topological polar surface area (TPSA) is 146 Å². The van der Waals surface area contributed by atoms with Crippen molar-refractivity contribution in [3.63, 3.8) is 0 Å². The molecule has 6 atom stereocenters. The van der Waals surface area contributed by atoms with Gasteiger partial charge in [-0.05, 0) is 24.1 Å². The summed E-state index contributed by atoms with van der Waals surface area (Å²) in [4.78, 5) is 51.9. The predicted molar refractivity (Wildman–Crippen MR) is 120 cm³/mol. The molecule has 1 saturated carbocycles. The Morgan fingerprint density at radius 3 is 1.91 bits per heavy atom. The molecule has 1 aromatic carbocycles. The van der Waals surface area contributed by atoms with Gasteiger partial charge in [0, 0.05) is 21.9 Å². The Morgan fingerprint density at radius 2 is 1.43 bits per heavy atom. The van der Waals surface area contributed by atoms with Gasteiger partial charge >= 0.3 is 23.9 Å². The zero-order chi connectivity index (χ0) is 26.2. The summed E-state index contributed by atoms with van der Waals surface area (Å²) in [5, 5.41) is 23.7. The summed E-state index contributed by atoms with van der Waals surface area (Å²) in [7, 11) is 4.15. The number of hydrogen-bond acceptors (Lipinski definition) is 10. The summed E-state index contributed by atoms with van der Waals surface area (Å²) in [6.07, 6.45) is -0.147. The van der Waals surface area contributed by atoms with E-state index in [2.05, 4.69) is 0 Å². The number of aliphatic hydroxyl groups excluding tert-OH is 1. The SMILES string of the molecule is COC(=O)C1=C(O)C(C(=O)OC)[C@]2(O)[C@@H](C(=O)OC)[C@@H]1C[C@H](c1ccc(Cl)cc1Cl)[C@@H]2C(=O)OC. The second-order valence-corrected chi connectivity index (χ2v) is 9.09. The molecule has 1 fully saturated rings. The molecule has 35 heavy (non-hydrogen) atoms. The highest BCUT2D eigenvalue weighted by Crippen LogP contribution is 2.60. The summed E-state index contributed by atoms with van der Waals surface area (Å²) in [6.45, 7) is 0. The number of carbonyl (C=O) groups excluding carboxylic acids is 4. The molecule has 190 valence electrons. The number of methoxy groups -OCH3 is 4. The first-order valence-electron chi connectivity index (χ1n) is 10.4. The maximum atomic E-state index is 13.2. The van der Waals surface area contributed by atoms with Crippen LogP contribution in [-0.2, 0) is 38.1 Å². The van der Waals surface area contributed by atoms with Gasteiger partial charge in [0.05, 0.1) is 45.8 Å². The maximum Gasteiger partial charge on any atom is 0.337 e. The first-order chi connectivity index (χ1) is 16.5. The van der Waals surface area contributed by atoms with Crippen LogP contribution in [-0.4, -0.2) is 68.1 Å². The lowest BCUT2D eigenvalue weighted by molar-refractivity contribution is -0.208. The summed E-state index contributed by atoms with van der Waals surface area (Å²) in [6, 6.07) is 4.46. The predicted octanol–water partition coefficient (Wildman–Crippen LogP) is 2.19. The Hall–Kier alpha value is -2.82. The molecule has 12 heteroatoms. The molecule has 0 radical (unpaired) electrons. The van der Waals surface area contributed by atoms with Gasteiger partial charge in [-0.1, -0.05) is 29.3 Å². The first kappa shape index (κ1) is 26.8. The number of ether oxygens (including phenoxy) is 4. The Labute approximate surface area is 210 Å². The number of halogens is 2. The molecule has 2 aliphatic carbocycles. The fourth-order valence-electron chi connectivity index (χ4n) is 5.44. The van der Waals surface area contributed by atoms with Gasteiger partial charge < -0.3 is 29.2 Å². The molecule has 0 spiro atoms. The van der Waals surface area contributed by atoms with Crippen molar-refractivity contribution in [2.75, 3.05) is 28.4 Å². The van der Waals surface area contributed by atoms with Crippen molar-refractivity contribution in [2.24, 2.45) is 23.7 Å². The summed E-state index contributed by atoms with van der Waals surface area (Å²) < 4.78 is 19.4. The number of fused-ring (bicyclic) bond motifs is 2. The van der Waals surface area contributed by atoms with E-state index in [9.17, 15) is 29.4 Å². The molecular weight excluding hydrogens is 507 g/mol. The summed E-state index contributed by atoms with van der Waals surface area (Å²) in [5.41, 5.74) is -2.71. The van der Waals surface area contributed by atoms with Crippen LogP contribution in [0.4, 0.5) is 0 Å². The maximum absolute atomic E-state index is 13.2. The standard InChI is InChI=1S/C23H24Cl2O10/c1-32-19(27)14-12-8-11(10-6-5-9(24)7-13(10)25)15(20(28)33-2)23(31,16(12)21(29)34-3)17(18(14)26)22(30)35-4/h5-7,11-12,15-17,26,31H,8H2,1-4H3/t11-,12-,15-,16-,17?,23-/m1/s1. The second-order valence-electron chi connectivity index (χ2n) is 8.25. The summed E-state index contributed by atoms with van der Waals surface area (Å²) in [5.74, 6) is -12.6. The minimum atomic E-state index is -2.63. The molecule has 2 aliphatic rings. The van der Waals surface area contributed by atoms with E-state index in [0.29, 0.717) is 10.6 Å². The highest BCUT2D eigenvalue weighted by molar-refractivity contribution is 6.35. The van der Waals surface area contributed by atoms with Gasteiger partial charge in [-0.25, -0.2) is 4.79 Å². The molecule has 0 saturated heterocycles. The molecule has 0 aromatic heterocycles. The zero-order valence-electron chi connectivity index (χ0n) is 19.2. The molecular formula is C23H24Cl2O10. The van der Waals surface area contributed by atoms with E-state index in [1.54, 1.807) is 0 Å². The monoisotopic (exact) mass is 530 g/mol.